The van der Waals surface area contributed by atoms with Gasteiger partial charge in [-0.15, -0.1) is 6.58 Å². The number of hydrogen-bond donors (Lipinski definition) is 2. The number of nitrogens with one attached hydrogen (secondary N) is 2. The zero-order chi connectivity index (χ0) is 16.3. The van der Waals surface area contributed by atoms with E-state index in [1.165, 1.54) is 38.5 Å². The van der Waals surface area contributed by atoms with E-state index in [-0.39, 0.29) is 5.91 Å². The molecule has 0 aromatic rings. The van der Waals surface area contributed by atoms with Crippen molar-refractivity contribution in [3.8, 4) is 0 Å². The van der Waals surface area contributed by atoms with Crippen molar-refractivity contribution in [2.24, 2.45) is 0 Å². The van der Waals surface area contributed by atoms with Crippen LogP contribution >= 0.6 is 0 Å². The van der Waals surface area contributed by atoms with Gasteiger partial charge in [-0.25, -0.2) is 0 Å². The van der Waals surface area contributed by atoms with Crippen molar-refractivity contribution in [2.75, 3.05) is 19.6 Å². The van der Waals surface area contributed by atoms with E-state index < -0.39 is 0 Å². The van der Waals surface area contributed by atoms with Gasteiger partial charge in [0.2, 0.25) is 5.91 Å². The average molecular weight is 308 g/mol. The molecule has 126 valence electrons. The Morgan fingerprint density at radius 2 is 2.05 bits per heavy atom. The Morgan fingerprint density at radius 3 is 2.73 bits per heavy atom. The molecule has 22 heavy (non-hydrogen) atoms. The summed E-state index contributed by atoms with van der Waals surface area (Å²) in [6.45, 7) is 10.3. The van der Waals surface area contributed by atoms with Gasteiger partial charge in [0.05, 0.1) is 19.3 Å². The van der Waals surface area contributed by atoms with E-state index >= 15 is 0 Å². The van der Waals surface area contributed by atoms with Crippen LogP contribution in [-0.2, 0) is 4.79 Å². The van der Waals surface area contributed by atoms with Gasteiger partial charge < -0.3 is 10.6 Å². The van der Waals surface area contributed by atoms with Crippen LogP contribution in [0.25, 0.3) is 0 Å². The van der Waals surface area contributed by atoms with E-state index in [1.807, 2.05) is 6.08 Å². The first kappa shape index (κ1) is 18.8. The lowest BCUT2D eigenvalue weighted by molar-refractivity contribution is -0.898. The smallest absolute Gasteiger partial charge is 0.217 e. The number of carbonyl (C=O) groups is 1. The molecule has 0 aromatic carbocycles. The number of quaternary nitrogens is 1. The monoisotopic (exact) mass is 308 g/mol. The van der Waals surface area contributed by atoms with E-state index in [0.29, 0.717) is 6.17 Å². The summed E-state index contributed by atoms with van der Waals surface area (Å²) < 4.78 is 0.941. The molecule has 2 N–H and O–H groups in total. The van der Waals surface area contributed by atoms with Gasteiger partial charge >= 0.3 is 0 Å². The molecule has 4 nitrogen and oxygen atoms in total. The molecular weight excluding hydrogens is 274 g/mol. The van der Waals surface area contributed by atoms with Crippen molar-refractivity contribution in [3.05, 3.63) is 25.1 Å². The molecule has 0 saturated carbocycles. The molecule has 1 amide bonds. The fraction of sp³-hybridized carbons (Fsp3) is 0.722. The summed E-state index contributed by atoms with van der Waals surface area (Å²) in [6.07, 6.45) is 15.7. The third-order valence-electron chi connectivity index (χ3n) is 4.66. The highest BCUT2D eigenvalue weighted by molar-refractivity contribution is 5.72. The molecule has 1 rings (SSSR count). The Hall–Kier alpha value is -1.29. The van der Waals surface area contributed by atoms with Crippen molar-refractivity contribution in [3.63, 3.8) is 0 Å². The molecule has 1 aliphatic rings. The summed E-state index contributed by atoms with van der Waals surface area (Å²) in [7, 11) is 0. The standard InChI is InChI=1S/C18H33N3O/c1-4-6-7-8-9-10-11-12-18-20-14-16-21(18,5-2)15-13-19-17(3)22/h4,14,16,18,20H,1,5-13,15H2,2-3H3/p+1. The number of amides is 1. The summed E-state index contributed by atoms with van der Waals surface area (Å²) in [6, 6.07) is 0. The van der Waals surface area contributed by atoms with Crippen LogP contribution in [0.4, 0.5) is 0 Å². The lowest BCUT2D eigenvalue weighted by Gasteiger charge is -2.37. The van der Waals surface area contributed by atoms with Gasteiger partial charge in [0.25, 0.3) is 0 Å². The van der Waals surface area contributed by atoms with E-state index in [1.54, 1.807) is 6.92 Å². The summed E-state index contributed by atoms with van der Waals surface area (Å²) >= 11 is 0. The minimum absolute atomic E-state index is 0.0569. The highest BCUT2D eigenvalue weighted by atomic mass is 16.1. The van der Waals surface area contributed by atoms with Crippen molar-refractivity contribution >= 4 is 5.91 Å². The van der Waals surface area contributed by atoms with Crippen LogP contribution in [-0.4, -0.2) is 36.2 Å². The average Bonchev–Trinajstić information content (AvgIpc) is 2.89. The van der Waals surface area contributed by atoms with Gasteiger partial charge in [0.15, 0.2) is 6.17 Å². The van der Waals surface area contributed by atoms with Crippen molar-refractivity contribution < 1.29 is 9.28 Å². The van der Waals surface area contributed by atoms with Gasteiger partial charge in [-0.2, -0.15) is 0 Å². The highest BCUT2D eigenvalue weighted by Gasteiger charge is 2.36. The van der Waals surface area contributed by atoms with Gasteiger partial charge in [-0.1, -0.05) is 25.3 Å². The number of unbranched alkanes of at least 4 members (excludes halogenated alkanes) is 5. The molecule has 2 atom stereocenters. The molecule has 0 saturated heterocycles. The van der Waals surface area contributed by atoms with Crippen LogP contribution in [0.1, 0.15) is 58.8 Å². The molecule has 4 heteroatoms. The number of carbonyl (C=O) groups excluding carboxylic acids is 1. The Kier molecular flexibility index (Phi) is 8.90. The summed E-state index contributed by atoms with van der Waals surface area (Å²) in [5, 5.41) is 6.44. The number of allylic oxidation sites excluding steroid dienone is 1. The van der Waals surface area contributed by atoms with Crippen LogP contribution < -0.4 is 10.6 Å². The maximum Gasteiger partial charge on any atom is 0.217 e. The van der Waals surface area contributed by atoms with Crippen LogP contribution in [0.15, 0.2) is 25.1 Å². The van der Waals surface area contributed by atoms with E-state index in [9.17, 15) is 4.79 Å². The minimum atomic E-state index is 0.0569. The highest BCUT2D eigenvalue weighted by Crippen LogP contribution is 2.22. The lowest BCUT2D eigenvalue weighted by atomic mass is 10.1. The SMILES string of the molecule is C=CCCCCCCCC1NC=C[N+]1(CC)CCNC(C)=O. The van der Waals surface area contributed by atoms with Crippen molar-refractivity contribution in [1.82, 2.24) is 10.6 Å². The normalized spacial score (nSPS) is 23.3. The van der Waals surface area contributed by atoms with Gasteiger partial charge in [0.1, 0.15) is 12.7 Å². The van der Waals surface area contributed by atoms with Crippen LogP contribution in [0.3, 0.4) is 0 Å². The second-order valence-electron chi connectivity index (χ2n) is 6.26. The third-order valence-corrected chi connectivity index (χ3v) is 4.66. The molecule has 0 aliphatic carbocycles. The number of likely N-dealkylation sites (N-methyl/N-ethyl adjacent to an activating group) is 1. The second kappa shape index (κ2) is 10.4. The summed E-state index contributed by atoms with van der Waals surface area (Å²) in [5.74, 6) is 0.0569. The zero-order valence-electron chi connectivity index (χ0n) is 14.4. The predicted octanol–water partition coefficient (Wildman–Crippen LogP) is 3.28. The van der Waals surface area contributed by atoms with Crippen molar-refractivity contribution in [2.45, 2.75) is 65.0 Å². The molecule has 1 aliphatic heterocycles. The maximum atomic E-state index is 11.1. The van der Waals surface area contributed by atoms with E-state index in [0.717, 1.165) is 30.5 Å². The number of rotatable bonds is 12. The number of hydrogen-bond acceptors (Lipinski definition) is 2. The molecule has 1 heterocycles. The maximum absolute atomic E-state index is 11.1. The summed E-state index contributed by atoms with van der Waals surface area (Å²) in [4.78, 5) is 11.1. The largest absolute Gasteiger partial charge is 0.351 e. The molecule has 0 bridgehead atoms. The Balaban J connectivity index is 2.28. The zero-order valence-corrected chi connectivity index (χ0v) is 14.4. The molecule has 2 unspecified atom stereocenters. The molecule has 0 radical (unpaired) electrons. The first-order valence-electron chi connectivity index (χ1n) is 8.80. The lowest BCUT2D eigenvalue weighted by Crippen LogP contribution is -2.55. The van der Waals surface area contributed by atoms with Gasteiger partial charge in [0, 0.05) is 13.3 Å². The van der Waals surface area contributed by atoms with Crippen LogP contribution in [0, 0.1) is 0 Å². The third kappa shape index (κ3) is 6.22. The quantitative estimate of drug-likeness (QED) is 0.330. The Labute approximate surface area is 136 Å². The first-order chi connectivity index (χ1) is 10.6. The Bertz CT molecular complexity index is 367. The van der Waals surface area contributed by atoms with Crippen molar-refractivity contribution in [1.29, 1.82) is 0 Å². The predicted molar refractivity (Wildman–Crippen MR) is 92.9 cm³/mol. The van der Waals surface area contributed by atoms with Crippen LogP contribution in [0.2, 0.25) is 0 Å². The van der Waals surface area contributed by atoms with Crippen LogP contribution in [0.5, 0.6) is 0 Å². The Morgan fingerprint density at radius 1 is 1.32 bits per heavy atom. The fourth-order valence-corrected chi connectivity index (χ4v) is 3.21. The molecule has 0 aromatic heterocycles. The molecular formula is C18H34N3O+. The molecule has 0 spiro atoms. The summed E-state index contributed by atoms with van der Waals surface area (Å²) in [5.41, 5.74) is 0. The van der Waals surface area contributed by atoms with Gasteiger partial charge in [-0.05, 0) is 26.2 Å². The van der Waals surface area contributed by atoms with E-state index in [4.69, 9.17) is 0 Å². The second-order valence-corrected chi connectivity index (χ2v) is 6.26. The fourth-order valence-electron chi connectivity index (χ4n) is 3.21. The molecule has 0 fully saturated rings. The number of nitrogens with zero attached hydrogens (tertiary/aromatic N) is 1. The minimum Gasteiger partial charge on any atom is -0.351 e. The topological polar surface area (TPSA) is 41.1 Å². The first-order valence-corrected chi connectivity index (χ1v) is 8.80. The van der Waals surface area contributed by atoms with E-state index in [2.05, 4.69) is 36.5 Å². The van der Waals surface area contributed by atoms with Gasteiger partial charge in [-0.3, -0.25) is 9.28 Å².